The Morgan fingerprint density at radius 1 is 1.08 bits per heavy atom. The van der Waals surface area contributed by atoms with Crippen LogP contribution in [0.1, 0.15) is 45.8 Å². The van der Waals surface area contributed by atoms with Gasteiger partial charge in [0, 0.05) is 18.7 Å². The number of hydrogen-bond acceptors (Lipinski definition) is 5. The summed E-state index contributed by atoms with van der Waals surface area (Å²) >= 11 is 0. The van der Waals surface area contributed by atoms with E-state index in [0.29, 0.717) is 17.9 Å². The average molecular weight is 333 g/mol. The molecule has 0 fully saturated rings. The molecule has 0 aliphatic rings. The summed E-state index contributed by atoms with van der Waals surface area (Å²) in [6.45, 7) is 5.83. The molecule has 0 saturated carbocycles. The molecule has 132 valence electrons. The highest BCUT2D eigenvalue weighted by Crippen LogP contribution is 2.31. The third-order valence-electron chi connectivity index (χ3n) is 4.42. The van der Waals surface area contributed by atoms with Crippen molar-refractivity contribution in [2.75, 3.05) is 14.2 Å². The lowest BCUT2D eigenvalue weighted by Crippen LogP contribution is -2.25. The first kappa shape index (κ1) is 18.5. The van der Waals surface area contributed by atoms with E-state index >= 15 is 0 Å². The van der Waals surface area contributed by atoms with Gasteiger partial charge < -0.3 is 19.1 Å². The Bertz CT molecular complexity index is 644. The van der Waals surface area contributed by atoms with Crippen LogP contribution in [0.2, 0.25) is 0 Å². The zero-order valence-corrected chi connectivity index (χ0v) is 15.1. The van der Waals surface area contributed by atoms with E-state index < -0.39 is 5.60 Å². The Balaban J connectivity index is 2.04. The smallest absolute Gasteiger partial charge is 0.168 e. The molecule has 0 aliphatic heterocycles. The SMILES string of the molecule is COc1ccc(-c2cc([C@](C)(O)CCCC(C)(C)OC)on2)cc1. The monoisotopic (exact) mass is 333 g/mol. The third kappa shape index (κ3) is 4.58. The van der Waals surface area contributed by atoms with Crippen molar-refractivity contribution in [3.05, 3.63) is 36.1 Å². The normalized spacial score (nSPS) is 14.4. The summed E-state index contributed by atoms with van der Waals surface area (Å²) in [7, 11) is 3.33. The van der Waals surface area contributed by atoms with Crippen LogP contribution in [0.25, 0.3) is 11.3 Å². The van der Waals surface area contributed by atoms with Gasteiger partial charge in [0.2, 0.25) is 0 Å². The van der Waals surface area contributed by atoms with E-state index in [-0.39, 0.29) is 5.60 Å². The van der Waals surface area contributed by atoms with Gasteiger partial charge in [0.25, 0.3) is 0 Å². The molecule has 0 aliphatic carbocycles. The molecule has 2 aromatic rings. The van der Waals surface area contributed by atoms with E-state index in [4.69, 9.17) is 14.0 Å². The number of aromatic nitrogens is 1. The number of hydrogen-bond donors (Lipinski definition) is 1. The van der Waals surface area contributed by atoms with Crippen LogP contribution >= 0.6 is 0 Å². The Labute approximate surface area is 143 Å². The highest BCUT2D eigenvalue weighted by molar-refractivity contribution is 5.60. The van der Waals surface area contributed by atoms with Crippen LogP contribution in [-0.2, 0) is 10.3 Å². The van der Waals surface area contributed by atoms with Gasteiger partial charge in [-0.05, 0) is 64.3 Å². The molecule has 1 aromatic heterocycles. The fraction of sp³-hybridized carbons (Fsp3) is 0.526. The van der Waals surface area contributed by atoms with Crippen LogP contribution in [0.5, 0.6) is 5.75 Å². The van der Waals surface area contributed by atoms with Crippen LogP contribution in [0.15, 0.2) is 34.9 Å². The van der Waals surface area contributed by atoms with Gasteiger partial charge in [0.15, 0.2) is 5.76 Å². The van der Waals surface area contributed by atoms with E-state index in [1.807, 2.05) is 38.1 Å². The summed E-state index contributed by atoms with van der Waals surface area (Å²) in [5, 5.41) is 14.8. The zero-order valence-electron chi connectivity index (χ0n) is 15.1. The van der Waals surface area contributed by atoms with Gasteiger partial charge in [-0.1, -0.05) is 5.16 Å². The molecule has 0 unspecified atom stereocenters. The van der Waals surface area contributed by atoms with Gasteiger partial charge in [-0.3, -0.25) is 0 Å². The molecule has 0 radical (unpaired) electrons. The largest absolute Gasteiger partial charge is 0.497 e. The number of methoxy groups -OCH3 is 2. The molecular formula is C19H27NO4. The first-order valence-corrected chi connectivity index (χ1v) is 8.16. The van der Waals surface area contributed by atoms with E-state index in [2.05, 4.69) is 5.16 Å². The van der Waals surface area contributed by atoms with Gasteiger partial charge in [-0.25, -0.2) is 0 Å². The minimum atomic E-state index is -1.05. The van der Waals surface area contributed by atoms with Gasteiger partial charge >= 0.3 is 0 Å². The maximum absolute atomic E-state index is 10.7. The van der Waals surface area contributed by atoms with Crippen molar-refractivity contribution in [1.82, 2.24) is 5.16 Å². The molecule has 0 saturated heterocycles. The topological polar surface area (TPSA) is 64.7 Å². The first-order valence-electron chi connectivity index (χ1n) is 8.16. The Morgan fingerprint density at radius 2 is 1.75 bits per heavy atom. The van der Waals surface area contributed by atoms with Crippen molar-refractivity contribution in [2.45, 2.75) is 51.2 Å². The summed E-state index contributed by atoms with van der Waals surface area (Å²) in [5.41, 5.74) is 0.375. The van der Waals surface area contributed by atoms with Gasteiger partial charge in [0.1, 0.15) is 17.0 Å². The predicted molar refractivity (Wildman–Crippen MR) is 93.0 cm³/mol. The van der Waals surface area contributed by atoms with Crippen LogP contribution in [-0.4, -0.2) is 30.1 Å². The van der Waals surface area contributed by atoms with Crippen LogP contribution in [0.3, 0.4) is 0 Å². The van der Waals surface area contributed by atoms with E-state index in [0.717, 1.165) is 24.2 Å². The van der Waals surface area contributed by atoms with Gasteiger partial charge in [-0.2, -0.15) is 0 Å². The Hall–Kier alpha value is -1.85. The molecular weight excluding hydrogens is 306 g/mol. The lowest BCUT2D eigenvalue weighted by molar-refractivity contribution is -0.00854. The molecule has 1 N–H and O–H groups in total. The van der Waals surface area contributed by atoms with Crippen molar-refractivity contribution in [3.63, 3.8) is 0 Å². The van der Waals surface area contributed by atoms with Crippen molar-refractivity contribution in [1.29, 1.82) is 0 Å². The minimum absolute atomic E-state index is 0.189. The molecule has 5 nitrogen and oxygen atoms in total. The lowest BCUT2D eigenvalue weighted by atomic mass is 9.92. The summed E-state index contributed by atoms with van der Waals surface area (Å²) in [6, 6.07) is 9.36. The molecule has 24 heavy (non-hydrogen) atoms. The number of ether oxygens (including phenoxy) is 2. The molecule has 0 spiro atoms. The van der Waals surface area contributed by atoms with E-state index in [1.165, 1.54) is 0 Å². The fourth-order valence-corrected chi connectivity index (χ4v) is 2.51. The number of rotatable bonds is 8. The van der Waals surface area contributed by atoms with E-state index in [1.54, 1.807) is 27.2 Å². The van der Waals surface area contributed by atoms with Crippen molar-refractivity contribution >= 4 is 0 Å². The molecule has 0 amide bonds. The maximum Gasteiger partial charge on any atom is 0.168 e. The second kappa shape index (κ2) is 7.36. The second-order valence-corrected chi connectivity index (χ2v) is 6.90. The molecule has 1 atom stereocenters. The van der Waals surface area contributed by atoms with Crippen LogP contribution in [0, 0.1) is 0 Å². The lowest BCUT2D eigenvalue weighted by Gasteiger charge is -2.25. The standard InChI is InChI=1S/C19H27NO4/c1-18(2,23-5)11-6-12-19(3,21)17-13-16(20-24-17)14-7-9-15(22-4)10-8-14/h7-10,13,21H,6,11-12H2,1-5H3/t19-/m1/s1. The average Bonchev–Trinajstić information content (AvgIpc) is 3.05. The molecule has 5 heteroatoms. The van der Waals surface area contributed by atoms with Crippen molar-refractivity contribution in [3.8, 4) is 17.0 Å². The minimum Gasteiger partial charge on any atom is -0.497 e. The number of aliphatic hydroxyl groups is 1. The van der Waals surface area contributed by atoms with Gasteiger partial charge in [-0.15, -0.1) is 0 Å². The molecule has 1 heterocycles. The summed E-state index contributed by atoms with van der Waals surface area (Å²) in [6.07, 6.45) is 2.27. The van der Waals surface area contributed by atoms with Crippen LogP contribution in [0.4, 0.5) is 0 Å². The predicted octanol–water partition coefficient (Wildman–Crippen LogP) is 4.15. The summed E-state index contributed by atoms with van der Waals surface area (Å²) in [5.74, 6) is 1.26. The first-order chi connectivity index (χ1) is 11.3. The highest BCUT2D eigenvalue weighted by Gasteiger charge is 2.29. The van der Waals surface area contributed by atoms with Gasteiger partial charge in [0.05, 0.1) is 12.7 Å². The maximum atomic E-state index is 10.7. The Morgan fingerprint density at radius 3 is 2.33 bits per heavy atom. The molecule has 0 bridgehead atoms. The van der Waals surface area contributed by atoms with E-state index in [9.17, 15) is 5.11 Å². The number of nitrogens with zero attached hydrogens (tertiary/aromatic N) is 1. The summed E-state index contributed by atoms with van der Waals surface area (Å²) < 4.78 is 15.9. The third-order valence-corrected chi connectivity index (χ3v) is 4.42. The highest BCUT2D eigenvalue weighted by atomic mass is 16.5. The quantitative estimate of drug-likeness (QED) is 0.786. The zero-order chi connectivity index (χ0) is 17.8. The fourth-order valence-electron chi connectivity index (χ4n) is 2.51. The van der Waals surface area contributed by atoms with Crippen molar-refractivity contribution < 1.29 is 19.1 Å². The van der Waals surface area contributed by atoms with Crippen molar-refractivity contribution in [2.24, 2.45) is 0 Å². The summed E-state index contributed by atoms with van der Waals surface area (Å²) in [4.78, 5) is 0. The second-order valence-electron chi connectivity index (χ2n) is 6.90. The Kier molecular flexibility index (Phi) is 5.67. The molecule has 1 aromatic carbocycles. The molecule has 2 rings (SSSR count). The number of benzene rings is 1. The van der Waals surface area contributed by atoms with Crippen LogP contribution < -0.4 is 4.74 Å².